The monoisotopic (exact) mass is 279 g/mol. The van der Waals surface area contributed by atoms with Crippen molar-refractivity contribution < 1.29 is 14.6 Å². The van der Waals surface area contributed by atoms with Crippen LogP contribution in [-0.2, 0) is 11.3 Å². The summed E-state index contributed by atoms with van der Waals surface area (Å²) in [7, 11) is 0. The molecular formula is C16H25NO3. The fourth-order valence-electron chi connectivity index (χ4n) is 2.49. The third-order valence-corrected chi connectivity index (χ3v) is 3.90. The van der Waals surface area contributed by atoms with E-state index in [1.165, 1.54) is 0 Å². The summed E-state index contributed by atoms with van der Waals surface area (Å²) >= 11 is 0. The van der Waals surface area contributed by atoms with Crippen LogP contribution in [0.25, 0.3) is 0 Å². The molecule has 1 aliphatic rings. The van der Waals surface area contributed by atoms with Crippen LogP contribution >= 0.6 is 0 Å². The van der Waals surface area contributed by atoms with Crippen LogP contribution in [0.3, 0.4) is 0 Å². The van der Waals surface area contributed by atoms with Gasteiger partial charge in [-0.3, -0.25) is 0 Å². The number of aromatic hydroxyl groups is 1. The zero-order chi connectivity index (χ0) is 14.4. The van der Waals surface area contributed by atoms with Crippen LogP contribution in [0.5, 0.6) is 11.5 Å². The molecule has 0 aromatic heterocycles. The summed E-state index contributed by atoms with van der Waals surface area (Å²) in [6.45, 7) is 8.29. The van der Waals surface area contributed by atoms with Gasteiger partial charge < -0.3 is 19.9 Å². The number of hydrogen-bond donors (Lipinski definition) is 2. The molecule has 0 amide bonds. The largest absolute Gasteiger partial charge is 0.504 e. The first-order valence-electron chi connectivity index (χ1n) is 7.36. The smallest absolute Gasteiger partial charge is 0.161 e. The number of ether oxygens (including phenoxy) is 2. The Labute approximate surface area is 121 Å². The minimum atomic E-state index is 0.201. The number of hydrogen-bond acceptors (Lipinski definition) is 4. The molecule has 20 heavy (non-hydrogen) atoms. The van der Waals surface area contributed by atoms with Crippen LogP contribution < -0.4 is 10.1 Å². The summed E-state index contributed by atoms with van der Waals surface area (Å²) in [5, 5.41) is 13.2. The van der Waals surface area contributed by atoms with Crippen LogP contribution in [0.4, 0.5) is 0 Å². The first kappa shape index (κ1) is 15.1. The van der Waals surface area contributed by atoms with Gasteiger partial charge in [0.1, 0.15) is 0 Å². The summed E-state index contributed by atoms with van der Waals surface area (Å²) in [4.78, 5) is 0. The van der Waals surface area contributed by atoms with Crippen molar-refractivity contribution in [3.05, 3.63) is 23.8 Å². The third kappa shape index (κ3) is 4.12. The highest BCUT2D eigenvalue weighted by Gasteiger charge is 2.26. The summed E-state index contributed by atoms with van der Waals surface area (Å²) in [5.41, 5.74) is 1.46. The van der Waals surface area contributed by atoms with Crippen molar-refractivity contribution in [1.82, 2.24) is 5.32 Å². The van der Waals surface area contributed by atoms with Crippen molar-refractivity contribution in [2.24, 2.45) is 5.41 Å². The molecule has 1 aromatic rings. The molecule has 1 aromatic carbocycles. The van der Waals surface area contributed by atoms with Crippen molar-refractivity contribution in [3.8, 4) is 11.5 Å². The number of phenols is 1. The molecule has 0 unspecified atom stereocenters. The van der Waals surface area contributed by atoms with Gasteiger partial charge in [-0.2, -0.15) is 0 Å². The average Bonchev–Trinajstić information content (AvgIpc) is 2.43. The predicted molar refractivity (Wildman–Crippen MR) is 79.1 cm³/mol. The second-order valence-corrected chi connectivity index (χ2v) is 5.76. The van der Waals surface area contributed by atoms with Gasteiger partial charge in [-0.25, -0.2) is 0 Å². The minimum absolute atomic E-state index is 0.201. The Kier molecular flexibility index (Phi) is 5.26. The van der Waals surface area contributed by atoms with Gasteiger partial charge in [0, 0.05) is 26.3 Å². The normalized spacial score (nSPS) is 17.9. The van der Waals surface area contributed by atoms with Crippen molar-refractivity contribution in [2.75, 3.05) is 26.4 Å². The lowest BCUT2D eigenvalue weighted by Crippen LogP contribution is -2.36. The zero-order valence-corrected chi connectivity index (χ0v) is 12.4. The SMILES string of the molecule is CCOc1cc(CNCC2(C)CCOCC2)ccc1O. The minimum Gasteiger partial charge on any atom is -0.504 e. The average molecular weight is 279 g/mol. The third-order valence-electron chi connectivity index (χ3n) is 3.90. The van der Waals surface area contributed by atoms with E-state index in [2.05, 4.69) is 12.2 Å². The van der Waals surface area contributed by atoms with E-state index in [0.29, 0.717) is 17.8 Å². The van der Waals surface area contributed by atoms with E-state index in [4.69, 9.17) is 9.47 Å². The molecule has 112 valence electrons. The van der Waals surface area contributed by atoms with E-state index in [9.17, 15) is 5.11 Å². The maximum Gasteiger partial charge on any atom is 0.161 e. The molecule has 2 N–H and O–H groups in total. The van der Waals surface area contributed by atoms with E-state index >= 15 is 0 Å². The lowest BCUT2D eigenvalue weighted by molar-refractivity contribution is 0.0240. The van der Waals surface area contributed by atoms with Gasteiger partial charge >= 0.3 is 0 Å². The van der Waals surface area contributed by atoms with E-state index in [0.717, 1.165) is 44.7 Å². The number of benzene rings is 1. The van der Waals surface area contributed by atoms with E-state index in [1.54, 1.807) is 6.07 Å². The Balaban J connectivity index is 1.85. The van der Waals surface area contributed by atoms with Gasteiger partial charge in [-0.05, 0) is 42.9 Å². The van der Waals surface area contributed by atoms with Crippen molar-refractivity contribution in [3.63, 3.8) is 0 Å². The van der Waals surface area contributed by atoms with Gasteiger partial charge in [0.15, 0.2) is 11.5 Å². The molecule has 1 heterocycles. The van der Waals surface area contributed by atoms with Gasteiger partial charge in [0.2, 0.25) is 0 Å². The van der Waals surface area contributed by atoms with Gasteiger partial charge in [-0.15, -0.1) is 0 Å². The van der Waals surface area contributed by atoms with Gasteiger partial charge in [0.05, 0.1) is 6.61 Å². The fourth-order valence-corrected chi connectivity index (χ4v) is 2.49. The van der Waals surface area contributed by atoms with E-state index < -0.39 is 0 Å². The van der Waals surface area contributed by atoms with Crippen molar-refractivity contribution >= 4 is 0 Å². The lowest BCUT2D eigenvalue weighted by Gasteiger charge is -2.33. The molecule has 1 saturated heterocycles. The summed E-state index contributed by atoms with van der Waals surface area (Å²) in [5.74, 6) is 0.760. The Hall–Kier alpha value is -1.26. The maximum absolute atomic E-state index is 9.68. The molecule has 0 aliphatic carbocycles. The Bertz CT molecular complexity index is 428. The summed E-state index contributed by atoms with van der Waals surface area (Å²) in [6.07, 6.45) is 2.22. The quantitative estimate of drug-likeness (QED) is 0.840. The number of nitrogens with one attached hydrogen (secondary N) is 1. The summed E-state index contributed by atoms with van der Waals surface area (Å²) < 4.78 is 10.8. The van der Waals surface area contributed by atoms with Gasteiger partial charge in [-0.1, -0.05) is 13.0 Å². The van der Waals surface area contributed by atoms with Crippen LogP contribution in [0.1, 0.15) is 32.3 Å². The molecule has 0 bridgehead atoms. The van der Waals surface area contributed by atoms with Crippen LogP contribution in [0.15, 0.2) is 18.2 Å². The van der Waals surface area contributed by atoms with Crippen molar-refractivity contribution in [2.45, 2.75) is 33.2 Å². The molecule has 4 heteroatoms. The van der Waals surface area contributed by atoms with Gasteiger partial charge in [0.25, 0.3) is 0 Å². The van der Waals surface area contributed by atoms with Crippen molar-refractivity contribution in [1.29, 1.82) is 0 Å². The van der Waals surface area contributed by atoms with Crippen LogP contribution in [0, 0.1) is 5.41 Å². The molecule has 1 aliphatic heterocycles. The first-order valence-corrected chi connectivity index (χ1v) is 7.36. The highest BCUT2D eigenvalue weighted by Crippen LogP contribution is 2.29. The highest BCUT2D eigenvalue weighted by molar-refractivity contribution is 5.41. The Morgan fingerprint density at radius 2 is 2.10 bits per heavy atom. The molecule has 1 fully saturated rings. The predicted octanol–water partition coefficient (Wildman–Crippen LogP) is 2.70. The Morgan fingerprint density at radius 3 is 2.80 bits per heavy atom. The second kappa shape index (κ2) is 6.95. The fraction of sp³-hybridized carbons (Fsp3) is 0.625. The molecule has 0 saturated carbocycles. The molecular weight excluding hydrogens is 254 g/mol. The van der Waals surface area contributed by atoms with Crippen LogP contribution in [0.2, 0.25) is 0 Å². The summed E-state index contributed by atoms with van der Waals surface area (Å²) in [6, 6.07) is 5.52. The maximum atomic E-state index is 9.68. The Morgan fingerprint density at radius 1 is 1.35 bits per heavy atom. The lowest BCUT2D eigenvalue weighted by atomic mass is 9.82. The highest BCUT2D eigenvalue weighted by atomic mass is 16.5. The molecule has 0 radical (unpaired) electrons. The van der Waals surface area contributed by atoms with E-state index in [1.807, 2.05) is 19.1 Å². The standard InChI is InChI=1S/C16H25NO3/c1-3-20-15-10-13(4-5-14(15)18)11-17-12-16(2)6-8-19-9-7-16/h4-5,10,17-18H,3,6-9,11-12H2,1-2H3. The second-order valence-electron chi connectivity index (χ2n) is 5.76. The zero-order valence-electron chi connectivity index (χ0n) is 12.4. The topological polar surface area (TPSA) is 50.7 Å². The molecule has 0 atom stereocenters. The molecule has 2 rings (SSSR count). The number of phenolic OH excluding ortho intramolecular Hbond substituents is 1. The molecule has 4 nitrogen and oxygen atoms in total. The van der Waals surface area contributed by atoms with Crippen LogP contribution in [-0.4, -0.2) is 31.5 Å². The number of rotatable bonds is 6. The first-order chi connectivity index (χ1) is 9.63. The molecule has 0 spiro atoms. The van der Waals surface area contributed by atoms with E-state index in [-0.39, 0.29) is 5.75 Å².